The summed E-state index contributed by atoms with van der Waals surface area (Å²) in [6.07, 6.45) is 44.7. The minimum Gasteiger partial charge on any atom is -0.494 e. The van der Waals surface area contributed by atoms with E-state index in [0.717, 1.165) is 110 Å². The summed E-state index contributed by atoms with van der Waals surface area (Å²) in [5.74, 6) is 4.87. The molecule has 7 aromatic rings. The van der Waals surface area contributed by atoms with Crippen LogP contribution in [0.4, 0.5) is 0 Å². The van der Waals surface area contributed by atoms with E-state index in [1.54, 1.807) is 12.5 Å². The van der Waals surface area contributed by atoms with E-state index in [9.17, 15) is 9.59 Å². The van der Waals surface area contributed by atoms with E-state index in [1.807, 2.05) is 109 Å². The third-order valence-electron chi connectivity index (χ3n) is 16.8. The Kier molecular flexibility index (Phi) is 33.1. The molecule has 0 saturated heterocycles. The molecule has 2 heterocycles. The summed E-state index contributed by atoms with van der Waals surface area (Å²) in [6, 6.07) is 34.6. The molecule has 0 fully saturated rings. The SMILES string of the molecule is CCCCCCCCCCOc1ccc(-c2coc3cc(OCCCCCCCCCCCOc4cccc(OCCCCCCCCCCCOc5ccc6c(=O)c(-c7ccc(OCCCCCCCCCC)cc7)coc6c5)c4)ccc3c2=O)cc1. The topological polar surface area (TPSA) is 116 Å². The molecule has 0 aliphatic carbocycles. The molecule has 0 spiro atoms. The van der Waals surface area contributed by atoms with E-state index >= 15 is 0 Å². The molecule has 88 heavy (non-hydrogen) atoms. The van der Waals surface area contributed by atoms with Crippen molar-refractivity contribution in [3.63, 3.8) is 0 Å². The minimum atomic E-state index is -0.0451. The molecular formula is C78H106O10. The lowest BCUT2D eigenvalue weighted by Crippen LogP contribution is -2.05. The van der Waals surface area contributed by atoms with Gasteiger partial charge in [-0.25, -0.2) is 0 Å². The van der Waals surface area contributed by atoms with Gasteiger partial charge in [-0.3, -0.25) is 9.59 Å². The third kappa shape index (κ3) is 25.8. The molecule has 0 bridgehead atoms. The fraction of sp³-hybridized carbons (Fsp3) is 0.538. The Morgan fingerprint density at radius 3 is 0.818 bits per heavy atom. The normalized spacial score (nSPS) is 11.4. The first kappa shape index (κ1) is 68.8. The molecule has 0 aliphatic heterocycles. The van der Waals surface area contributed by atoms with Gasteiger partial charge in [0.15, 0.2) is 10.9 Å². The van der Waals surface area contributed by atoms with Gasteiger partial charge in [-0.15, -0.1) is 0 Å². The number of fused-ring (bicyclic) bond motifs is 2. The fourth-order valence-corrected chi connectivity index (χ4v) is 11.4. The predicted molar refractivity (Wildman–Crippen MR) is 364 cm³/mol. The van der Waals surface area contributed by atoms with E-state index in [-0.39, 0.29) is 10.9 Å². The number of ether oxygens (including phenoxy) is 6. The van der Waals surface area contributed by atoms with Crippen LogP contribution in [0.15, 0.2) is 140 Å². The number of hydrogen-bond acceptors (Lipinski definition) is 10. The van der Waals surface area contributed by atoms with Crippen LogP contribution in [0.1, 0.15) is 232 Å². The second-order valence-electron chi connectivity index (χ2n) is 24.2. The van der Waals surface area contributed by atoms with Gasteiger partial charge in [0.2, 0.25) is 0 Å². The minimum absolute atomic E-state index is 0.0451. The monoisotopic (exact) mass is 1200 g/mol. The van der Waals surface area contributed by atoms with Gasteiger partial charge in [-0.1, -0.05) is 224 Å². The molecule has 7 rings (SSSR count). The molecule has 0 atom stereocenters. The lowest BCUT2D eigenvalue weighted by atomic mass is 10.1. The quantitative estimate of drug-likeness (QED) is 0.0341. The Morgan fingerprint density at radius 2 is 0.523 bits per heavy atom. The van der Waals surface area contributed by atoms with Gasteiger partial charge >= 0.3 is 0 Å². The second kappa shape index (κ2) is 42.3. The Hall–Kier alpha value is -6.68. The van der Waals surface area contributed by atoms with Crippen molar-refractivity contribution in [3.05, 3.63) is 142 Å². The van der Waals surface area contributed by atoms with Crippen molar-refractivity contribution in [1.29, 1.82) is 0 Å². The zero-order chi connectivity index (χ0) is 61.3. The van der Waals surface area contributed by atoms with Crippen LogP contribution in [0.2, 0.25) is 0 Å². The van der Waals surface area contributed by atoms with Crippen LogP contribution in [0.3, 0.4) is 0 Å². The molecule has 0 radical (unpaired) electrons. The van der Waals surface area contributed by atoms with Crippen LogP contribution in [0, 0.1) is 0 Å². The van der Waals surface area contributed by atoms with Crippen LogP contribution in [0.5, 0.6) is 34.5 Å². The smallest absolute Gasteiger partial charge is 0.200 e. The zero-order valence-corrected chi connectivity index (χ0v) is 53.9. The first-order valence-electron chi connectivity index (χ1n) is 34.7. The summed E-state index contributed by atoms with van der Waals surface area (Å²) in [7, 11) is 0. The van der Waals surface area contributed by atoms with Crippen molar-refractivity contribution in [1.82, 2.24) is 0 Å². The fourth-order valence-electron chi connectivity index (χ4n) is 11.4. The molecule has 0 N–H and O–H groups in total. The van der Waals surface area contributed by atoms with Crippen molar-refractivity contribution in [2.45, 2.75) is 232 Å². The highest BCUT2D eigenvalue weighted by molar-refractivity contribution is 5.83. The maximum absolute atomic E-state index is 13.4. The van der Waals surface area contributed by atoms with Crippen LogP contribution in [0.25, 0.3) is 44.2 Å². The van der Waals surface area contributed by atoms with Crippen molar-refractivity contribution in [2.24, 2.45) is 0 Å². The van der Waals surface area contributed by atoms with Gasteiger partial charge in [-0.05, 0) is 110 Å². The summed E-state index contributed by atoms with van der Waals surface area (Å²) < 4.78 is 48.1. The first-order chi connectivity index (χ1) is 43.5. The highest BCUT2D eigenvalue weighted by Gasteiger charge is 2.13. The third-order valence-corrected chi connectivity index (χ3v) is 16.8. The van der Waals surface area contributed by atoms with Crippen molar-refractivity contribution in [3.8, 4) is 56.8 Å². The summed E-state index contributed by atoms with van der Waals surface area (Å²) in [4.78, 5) is 26.9. The Morgan fingerprint density at radius 1 is 0.273 bits per heavy atom. The van der Waals surface area contributed by atoms with Crippen LogP contribution >= 0.6 is 0 Å². The summed E-state index contributed by atoms with van der Waals surface area (Å²) >= 11 is 0. The van der Waals surface area contributed by atoms with Gasteiger partial charge in [0.05, 0.1) is 61.5 Å². The lowest BCUT2D eigenvalue weighted by molar-refractivity contribution is 0.289. The zero-order valence-electron chi connectivity index (χ0n) is 53.9. The Balaban J connectivity index is 0.627. The van der Waals surface area contributed by atoms with Gasteiger partial charge < -0.3 is 37.3 Å². The van der Waals surface area contributed by atoms with Crippen molar-refractivity contribution < 1.29 is 37.3 Å². The maximum Gasteiger partial charge on any atom is 0.200 e. The standard InChI is InChI=1S/C78H106O10/c1-3-5-7-9-11-19-25-31-52-81-65-44-40-63(41-45-65)73-61-87-75-59-69(48-50-71(75)77(73)79)85-56-35-29-23-17-13-15-21-27-33-54-83-67-38-37-39-68(58-67)84-55-34-28-22-16-14-18-24-30-36-57-86-70-49-51-72-76(60-70)88-62-74(78(72)80)64-42-46-66(47-43-64)82-53-32-26-20-12-10-8-6-4-2/h37-51,58-62H,3-36,52-57H2,1-2H3. The molecule has 0 unspecified atom stereocenters. The number of unbranched alkanes of at least 4 members (excludes halogenated alkanes) is 30. The van der Waals surface area contributed by atoms with E-state index in [1.165, 1.54) is 167 Å². The van der Waals surface area contributed by atoms with E-state index in [0.29, 0.717) is 59.5 Å². The molecular weight excluding hydrogens is 1100 g/mol. The van der Waals surface area contributed by atoms with E-state index in [4.69, 9.17) is 37.3 Å². The Bertz CT molecular complexity index is 2880. The molecule has 10 heteroatoms. The molecule has 10 nitrogen and oxygen atoms in total. The van der Waals surface area contributed by atoms with E-state index in [2.05, 4.69) is 13.8 Å². The van der Waals surface area contributed by atoms with Crippen molar-refractivity contribution >= 4 is 21.9 Å². The van der Waals surface area contributed by atoms with Gasteiger partial charge in [0.1, 0.15) is 58.2 Å². The highest BCUT2D eigenvalue weighted by atomic mass is 16.5. The number of rotatable bonds is 50. The Labute approximate surface area is 527 Å². The lowest BCUT2D eigenvalue weighted by Gasteiger charge is -2.10. The van der Waals surface area contributed by atoms with Crippen LogP contribution < -0.4 is 39.3 Å². The molecule has 478 valence electrons. The largest absolute Gasteiger partial charge is 0.494 e. The molecule has 0 saturated carbocycles. The predicted octanol–water partition coefficient (Wildman–Crippen LogP) is 22.2. The summed E-state index contributed by atoms with van der Waals surface area (Å²) in [5.41, 5.74) is 3.72. The van der Waals surface area contributed by atoms with E-state index < -0.39 is 0 Å². The summed E-state index contributed by atoms with van der Waals surface area (Å²) in [6.45, 7) is 8.70. The average molecular weight is 1200 g/mol. The van der Waals surface area contributed by atoms with Crippen LogP contribution in [-0.2, 0) is 0 Å². The maximum atomic E-state index is 13.4. The van der Waals surface area contributed by atoms with Crippen LogP contribution in [-0.4, -0.2) is 39.6 Å². The molecule has 0 amide bonds. The highest BCUT2D eigenvalue weighted by Crippen LogP contribution is 2.28. The first-order valence-corrected chi connectivity index (χ1v) is 34.7. The van der Waals surface area contributed by atoms with Gasteiger partial charge in [-0.2, -0.15) is 0 Å². The molecule has 5 aromatic carbocycles. The van der Waals surface area contributed by atoms with Gasteiger partial charge in [0, 0.05) is 18.2 Å². The van der Waals surface area contributed by atoms with Gasteiger partial charge in [0.25, 0.3) is 0 Å². The number of benzene rings is 5. The average Bonchev–Trinajstić information content (AvgIpc) is 2.79. The number of hydrogen-bond donors (Lipinski definition) is 0. The van der Waals surface area contributed by atoms with Crippen molar-refractivity contribution in [2.75, 3.05) is 39.6 Å². The second-order valence-corrected chi connectivity index (χ2v) is 24.2. The summed E-state index contributed by atoms with van der Waals surface area (Å²) in [5, 5.41) is 1.11. The molecule has 0 aliphatic rings. The molecule has 2 aromatic heterocycles.